The molecule has 0 saturated carbocycles. The number of halogens is 1. The van der Waals surface area contributed by atoms with Crippen LogP contribution in [0.5, 0.6) is 5.75 Å². The number of hydrogen-bond donors (Lipinski definition) is 1. The van der Waals surface area contributed by atoms with Crippen LogP contribution in [-0.2, 0) is 4.79 Å². The Bertz CT molecular complexity index is 865. The van der Waals surface area contributed by atoms with Crippen molar-refractivity contribution in [1.82, 2.24) is 0 Å². The molecule has 0 spiro atoms. The maximum atomic E-state index is 13.0. The highest BCUT2D eigenvalue weighted by Crippen LogP contribution is 2.36. The van der Waals surface area contributed by atoms with E-state index in [9.17, 15) is 9.90 Å². The van der Waals surface area contributed by atoms with Crippen molar-refractivity contribution >= 4 is 46.2 Å². The van der Waals surface area contributed by atoms with Crippen LogP contribution in [-0.4, -0.2) is 22.7 Å². The average molecular weight is 387 g/mol. The number of anilines is 1. The molecule has 1 fully saturated rings. The second-order valence-corrected chi connectivity index (χ2v) is 7.23. The van der Waals surface area contributed by atoms with Crippen molar-refractivity contribution in [2.24, 2.45) is 4.99 Å². The van der Waals surface area contributed by atoms with E-state index in [4.69, 9.17) is 11.6 Å². The number of thioether (sulfide) groups is 1. The summed E-state index contributed by atoms with van der Waals surface area (Å²) < 4.78 is 0. The maximum absolute atomic E-state index is 13.0. The summed E-state index contributed by atoms with van der Waals surface area (Å²) >= 11 is 7.33. The van der Waals surface area contributed by atoms with Crippen molar-refractivity contribution in [1.29, 1.82) is 0 Å². The quantitative estimate of drug-likeness (QED) is 0.558. The Morgan fingerprint density at radius 2 is 2.00 bits per heavy atom. The second-order valence-electron chi connectivity index (χ2n) is 5.82. The number of carbonyl (C=O) groups is 1. The number of aromatic hydroxyl groups is 1. The molecule has 0 aromatic heterocycles. The molecule has 4 nitrogen and oxygen atoms in total. The lowest BCUT2D eigenvalue weighted by atomic mass is 10.2. The molecule has 6 heteroatoms. The molecule has 1 aliphatic rings. The van der Waals surface area contributed by atoms with Gasteiger partial charge in [-0.1, -0.05) is 49.2 Å². The van der Waals surface area contributed by atoms with Gasteiger partial charge in [-0.05, 0) is 54.1 Å². The monoisotopic (exact) mass is 386 g/mol. The van der Waals surface area contributed by atoms with Gasteiger partial charge in [0, 0.05) is 6.54 Å². The second kappa shape index (κ2) is 8.43. The summed E-state index contributed by atoms with van der Waals surface area (Å²) in [5.41, 5.74) is 1.55. The van der Waals surface area contributed by atoms with Gasteiger partial charge in [-0.15, -0.1) is 0 Å². The Labute approximate surface area is 162 Å². The fourth-order valence-electron chi connectivity index (χ4n) is 2.48. The summed E-state index contributed by atoms with van der Waals surface area (Å²) in [5, 5.41) is 10.5. The molecule has 0 bridgehead atoms. The van der Waals surface area contributed by atoms with Gasteiger partial charge in [0.2, 0.25) is 0 Å². The van der Waals surface area contributed by atoms with Gasteiger partial charge in [-0.2, -0.15) is 0 Å². The average Bonchev–Trinajstić information content (AvgIpc) is 2.95. The smallest absolute Gasteiger partial charge is 0.271 e. The van der Waals surface area contributed by atoms with Gasteiger partial charge in [0.05, 0.1) is 15.6 Å². The molecule has 2 aromatic rings. The molecule has 1 N–H and O–H groups in total. The molecule has 0 radical (unpaired) electrons. The van der Waals surface area contributed by atoms with Crippen molar-refractivity contribution < 1.29 is 9.90 Å². The lowest BCUT2D eigenvalue weighted by Gasteiger charge is -2.15. The standard InChI is InChI=1S/C20H19ClN2O2S/c1-2-3-11-22-20-23(15-7-5-4-6-8-15)19(25)18(26-20)13-14-9-10-17(24)16(21)12-14/h4-10,12-13,24H,2-3,11H2,1H3. The fraction of sp³-hybridized carbons (Fsp3) is 0.200. The van der Waals surface area contributed by atoms with Gasteiger partial charge in [0.25, 0.3) is 5.91 Å². The first-order valence-corrected chi connectivity index (χ1v) is 9.61. The summed E-state index contributed by atoms with van der Waals surface area (Å²) in [6.07, 6.45) is 3.81. The number of amides is 1. The molecule has 1 aliphatic heterocycles. The molecule has 134 valence electrons. The van der Waals surface area contributed by atoms with Crippen LogP contribution < -0.4 is 4.90 Å². The van der Waals surface area contributed by atoms with E-state index in [0.29, 0.717) is 16.6 Å². The van der Waals surface area contributed by atoms with Gasteiger partial charge in [0.1, 0.15) is 5.75 Å². The van der Waals surface area contributed by atoms with Gasteiger partial charge in [0.15, 0.2) is 5.17 Å². The highest BCUT2D eigenvalue weighted by molar-refractivity contribution is 8.19. The van der Waals surface area contributed by atoms with E-state index in [1.807, 2.05) is 30.3 Å². The minimum Gasteiger partial charge on any atom is -0.506 e. The Morgan fingerprint density at radius 1 is 1.23 bits per heavy atom. The van der Waals surface area contributed by atoms with Gasteiger partial charge in [-0.25, -0.2) is 0 Å². The summed E-state index contributed by atoms with van der Waals surface area (Å²) in [6.45, 7) is 2.80. The number of unbranched alkanes of at least 4 members (excludes halogenated alkanes) is 1. The van der Waals surface area contributed by atoms with Crippen LogP contribution in [0.15, 0.2) is 58.4 Å². The number of para-hydroxylation sites is 1. The number of hydrogen-bond acceptors (Lipinski definition) is 4. The minimum atomic E-state index is -0.111. The van der Waals surface area contributed by atoms with Crippen LogP contribution >= 0.6 is 23.4 Å². The van der Waals surface area contributed by atoms with Crippen LogP contribution in [0.25, 0.3) is 6.08 Å². The lowest BCUT2D eigenvalue weighted by molar-refractivity contribution is -0.113. The third-order valence-electron chi connectivity index (χ3n) is 3.85. The van der Waals surface area contributed by atoms with Crippen molar-refractivity contribution in [3.8, 4) is 5.75 Å². The van der Waals surface area contributed by atoms with Gasteiger partial charge >= 0.3 is 0 Å². The molecule has 1 amide bonds. The van der Waals surface area contributed by atoms with Crippen LogP contribution in [0, 0.1) is 0 Å². The van der Waals surface area contributed by atoms with Crippen molar-refractivity contribution in [2.75, 3.05) is 11.4 Å². The lowest BCUT2D eigenvalue weighted by Crippen LogP contribution is -2.28. The van der Waals surface area contributed by atoms with Crippen LogP contribution in [0.3, 0.4) is 0 Å². The SMILES string of the molecule is CCCCN=C1SC(=Cc2ccc(O)c(Cl)c2)C(=O)N1c1ccccc1. The number of phenolic OH excluding ortho intramolecular Hbond substituents is 1. The van der Waals surface area contributed by atoms with E-state index in [-0.39, 0.29) is 16.7 Å². The Balaban J connectivity index is 1.95. The zero-order valence-corrected chi connectivity index (χ0v) is 15.9. The molecule has 2 aromatic carbocycles. The van der Waals surface area contributed by atoms with Crippen LogP contribution in [0.4, 0.5) is 5.69 Å². The largest absolute Gasteiger partial charge is 0.506 e. The predicted molar refractivity (Wildman–Crippen MR) is 110 cm³/mol. The van der Waals surface area contributed by atoms with Crippen LogP contribution in [0.2, 0.25) is 5.02 Å². The van der Waals surface area contributed by atoms with E-state index in [1.54, 1.807) is 23.1 Å². The third-order valence-corrected chi connectivity index (χ3v) is 5.16. The number of benzene rings is 2. The highest BCUT2D eigenvalue weighted by Gasteiger charge is 2.34. The van der Waals surface area contributed by atoms with E-state index < -0.39 is 0 Å². The zero-order chi connectivity index (χ0) is 18.5. The van der Waals surface area contributed by atoms with Crippen molar-refractivity contribution in [3.05, 3.63) is 64.0 Å². The number of carbonyl (C=O) groups excluding carboxylic acids is 1. The highest BCUT2D eigenvalue weighted by atomic mass is 35.5. The summed E-state index contributed by atoms with van der Waals surface area (Å²) in [5.74, 6) is -0.0902. The minimum absolute atomic E-state index is 0.0203. The molecule has 0 aliphatic carbocycles. The third kappa shape index (κ3) is 4.11. The van der Waals surface area contributed by atoms with Gasteiger partial charge < -0.3 is 5.11 Å². The van der Waals surface area contributed by atoms with E-state index >= 15 is 0 Å². The predicted octanol–water partition coefficient (Wildman–Crippen LogP) is 5.32. The molecule has 0 atom stereocenters. The topological polar surface area (TPSA) is 52.9 Å². The number of phenols is 1. The van der Waals surface area contributed by atoms with E-state index in [0.717, 1.165) is 24.1 Å². The number of nitrogens with zero attached hydrogens (tertiary/aromatic N) is 2. The molecule has 3 rings (SSSR count). The van der Waals surface area contributed by atoms with E-state index in [2.05, 4.69) is 11.9 Å². The summed E-state index contributed by atoms with van der Waals surface area (Å²) in [7, 11) is 0. The first-order valence-electron chi connectivity index (χ1n) is 8.42. The zero-order valence-electron chi connectivity index (χ0n) is 14.4. The molecular weight excluding hydrogens is 368 g/mol. The van der Waals surface area contributed by atoms with E-state index in [1.165, 1.54) is 17.8 Å². The summed E-state index contributed by atoms with van der Waals surface area (Å²) in [6, 6.07) is 14.4. The Kier molecular flexibility index (Phi) is 6.01. The molecule has 1 saturated heterocycles. The first kappa shape index (κ1) is 18.5. The van der Waals surface area contributed by atoms with Gasteiger partial charge in [-0.3, -0.25) is 14.7 Å². The molecular formula is C20H19ClN2O2S. The molecule has 1 heterocycles. The van der Waals surface area contributed by atoms with Crippen LogP contribution in [0.1, 0.15) is 25.3 Å². The Morgan fingerprint density at radius 3 is 2.69 bits per heavy atom. The van der Waals surface area contributed by atoms with Crippen molar-refractivity contribution in [2.45, 2.75) is 19.8 Å². The maximum Gasteiger partial charge on any atom is 0.271 e. The Hall–Kier alpha value is -2.24. The normalized spacial score (nSPS) is 17.5. The number of aliphatic imine (C=N–C) groups is 1. The first-order chi connectivity index (χ1) is 12.6. The number of rotatable bonds is 5. The van der Waals surface area contributed by atoms with Crippen molar-refractivity contribution in [3.63, 3.8) is 0 Å². The molecule has 26 heavy (non-hydrogen) atoms. The summed E-state index contributed by atoms with van der Waals surface area (Å²) in [4.78, 5) is 19.8. The molecule has 0 unspecified atom stereocenters. The number of amidine groups is 1. The fourth-order valence-corrected chi connectivity index (χ4v) is 3.68.